The summed E-state index contributed by atoms with van der Waals surface area (Å²) in [6.07, 6.45) is 0.528. The molecular weight excluding hydrogens is 234 g/mol. The van der Waals surface area contributed by atoms with Crippen molar-refractivity contribution in [2.75, 3.05) is 0 Å². The van der Waals surface area contributed by atoms with E-state index in [1.807, 2.05) is 0 Å². The highest BCUT2D eigenvalue weighted by Crippen LogP contribution is 2.21. The molecule has 0 saturated heterocycles. The minimum absolute atomic E-state index is 0.0202. The van der Waals surface area contributed by atoms with E-state index in [0.717, 1.165) is 0 Å². The maximum absolute atomic E-state index is 12.0. The molecule has 1 aromatic carbocycles. The Morgan fingerprint density at radius 3 is 2.71 bits per heavy atom. The van der Waals surface area contributed by atoms with Crippen molar-refractivity contribution in [3.63, 3.8) is 0 Å². The zero-order chi connectivity index (χ0) is 12.8. The van der Waals surface area contributed by atoms with E-state index in [1.165, 1.54) is 18.2 Å². The monoisotopic (exact) mass is 244 g/mol. The SMILES string of the molecule is O=Cc1cc(CCC(=O)O)ccc1OC(F)F. The van der Waals surface area contributed by atoms with E-state index in [9.17, 15) is 18.4 Å². The van der Waals surface area contributed by atoms with E-state index >= 15 is 0 Å². The second-order valence-corrected chi connectivity index (χ2v) is 3.26. The van der Waals surface area contributed by atoms with Crippen LogP contribution in [0.25, 0.3) is 0 Å². The summed E-state index contributed by atoms with van der Waals surface area (Å²) in [5.74, 6) is -1.18. The lowest BCUT2D eigenvalue weighted by Crippen LogP contribution is -2.05. The van der Waals surface area contributed by atoms with Crippen LogP contribution in [0.1, 0.15) is 22.3 Å². The van der Waals surface area contributed by atoms with Gasteiger partial charge in [0.1, 0.15) is 5.75 Å². The van der Waals surface area contributed by atoms with E-state index in [0.29, 0.717) is 11.8 Å². The van der Waals surface area contributed by atoms with Crippen LogP contribution in [0.3, 0.4) is 0 Å². The number of hydrogen-bond acceptors (Lipinski definition) is 3. The first-order valence-corrected chi connectivity index (χ1v) is 4.77. The van der Waals surface area contributed by atoms with Gasteiger partial charge in [0.25, 0.3) is 0 Å². The number of benzene rings is 1. The van der Waals surface area contributed by atoms with E-state index in [1.54, 1.807) is 0 Å². The molecule has 92 valence electrons. The Morgan fingerprint density at radius 1 is 1.47 bits per heavy atom. The fraction of sp³-hybridized carbons (Fsp3) is 0.273. The third-order valence-corrected chi connectivity index (χ3v) is 2.04. The van der Waals surface area contributed by atoms with E-state index < -0.39 is 12.6 Å². The molecule has 0 aliphatic heterocycles. The number of ether oxygens (including phenoxy) is 1. The van der Waals surface area contributed by atoms with Crippen molar-refractivity contribution in [2.45, 2.75) is 19.5 Å². The summed E-state index contributed by atoms with van der Waals surface area (Å²) in [5.41, 5.74) is 0.560. The summed E-state index contributed by atoms with van der Waals surface area (Å²) < 4.78 is 28.1. The van der Waals surface area contributed by atoms with Gasteiger partial charge in [-0.1, -0.05) is 6.07 Å². The lowest BCUT2D eigenvalue weighted by atomic mass is 10.1. The molecule has 4 nitrogen and oxygen atoms in total. The van der Waals surface area contributed by atoms with Gasteiger partial charge >= 0.3 is 12.6 Å². The molecule has 0 bridgehead atoms. The highest BCUT2D eigenvalue weighted by Gasteiger charge is 2.10. The van der Waals surface area contributed by atoms with Gasteiger partial charge in [0.2, 0.25) is 0 Å². The molecule has 0 unspecified atom stereocenters. The predicted octanol–water partition coefficient (Wildman–Crippen LogP) is 2.12. The summed E-state index contributed by atoms with van der Waals surface area (Å²) in [7, 11) is 0. The maximum atomic E-state index is 12.0. The molecule has 0 amide bonds. The number of carboxylic acid groups (broad SMARTS) is 1. The third kappa shape index (κ3) is 4.18. The minimum Gasteiger partial charge on any atom is -0.481 e. The molecule has 0 aliphatic carbocycles. The lowest BCUT2D eigenvalue weighted by Gasteiger charge is -2.08. The van der Waals surface area contributed by atoms with Gasteiger partial charge in [-0.25, -0.2) is 0 Å². The average molecular weight is 244 g/mol. The predicted molar refractivity (Wildman–Crippen MR) is 54.4 cm³/mol. The van der Waals surface area contributed by atoms with Crippen molar-refractivity contribution in [2.24, 2.45) is 0 Å². The van der Waals surface area contributed by atoms with Crippen LogP contribution in [0.15, 0.2) is 18.2 Å². The fourth-order valence-electron chi connectivity index (χ4n) is 1.30. The lowest BCUT2D eigenvalue weighted by molar-refractivity contribution is -0.136. The Bertz CT molecular complexity index is 418. The summed E-state index contributed by atoms with van der Waals surface area (Å²) in [4.78, 5) is 21.0. The minimum atomic E-state index is -3.00. The Balaban J connectivity index is 2.84. The van der Waals surface area contributed by atoms with Crippen LogP contribution in [0.4, 0.5) is 8.78 Å². The van der Waals surface area contributed by atoms with Crippen molar-refractivity contribution in [3.05, 3.63) is 29.3 Å². The standard InChI is InChI=1S/C11H10F2O4/c12-11(13)17-9-3-1-7(2-4-10(15)16)5-8(9)6-14/h1,3,5-6,11H,2,4H2,(H,15,16). The normalized spacial score (nSPS) is 10.3. The van der Waals surface area contributed by atoms with Crippen molar-refractivity contribution in [1.82, 2.24) is 0 Å². The van der Waals surface area contributed by atoms with Crippen LogP contribution >= 0.6 is 0 Å². The summed E-state index contributed by atoms with van der Waals surface area (Å²) in [6.45, 7) is -3.00. The van der Waals surface area contributed by atoms with Crippen LogP contribution in [-0.4, -0.2) is 24.0 Å². The number of halogens is 2. The summed E-state index contributed by atoms with van der Waals surface area (Å²) in [6, 6.07) is 4.02. The van der Waals surface area contributed by atoms with Crippen LogP contribution in [0, 0.1) is 0 Å². The molecule has 0 spiro atoms. The number of hydrogen-bond donors (Lipinski definition) is 1. The molecule has 0 aromatic heterocycles. The van der Waals surface area contributed by atoms with Gasteiger partial charge in [-0.3, -0.25) is 9.59 Å². The number of aliphatic carboxylic acids is 1. The Hall–Kier alpha value is -1.98. The number of aryl methyl sites for hydroxylation is 1. The smallest absolute Gasteiger partial charge is 0.387 e. The largest absolute Gasteiger partial charge is 0.481 e. The molecule has 0 fully saturated rings. The van der Waals surface area contributed by atoms with Gasteiger partial charge in [-0.15, -0.1) is 0 Å². The molecule has 0 radical (unpaired) electrons. The summed E-state index contributed by atoms with van der Waals surface area (Å²) >= 11 is 0. The summed E-state index contributed by atoms with van der Waals surface area (Å²) in [5, 5.41) is 8.48. The first-order chi connectivity index (χ1) is 8.02. The highest BCUT2D eigenvalue weighted by molar-refractivity contribution is 5.79. The van der Waals surface area contributed by atoms with Crippen LogP contribution in [0.2, 0.25) is 0 Å². The Labute approximate surface area is 95.8 Å². The second kappa shape index (κ2) is 5.93. The van der Waals surface area contributed by atoms with Crippen LogP contribution < -0.4 is 4.74 Å². The van der Waals surface area contributed by atoms with Gasteiger partial charge in [-0.2, -0.15) is 8.78 Å². The molecule has 17 heavy (non-hydrogen) atoms. The van der Waals surface area contributed by atoms with Crippen molar-refractivity contribution in [3.8, 4) is 5.75 Å². The fourth-order valence-corrected chi connectivity index (χ4v) is 1.30. The Morgan fingerprint density at radius 2 is 2.18 bits per heavy atom. The zero-order valence-corrected chi connectivity index (χ0v) is 8.73. The average Bonchev–Trinajstić information content (AvgIpc) is 2.26. The van der Waals surface area contributed by atoms with Gasteiger partial charge in [0.05, 0.1) is 5.56 Å². The number of carboxylic acids is 1. The van der Waals surface area contributed by atoms with Crippen molar-refractivity contribution < 1.29 is 28.2 Å². The first-order valence-electron chi connectivity index (χ1n) is 4.77. The molecule has 1 N–H and O–H groups in total. The van der Waals surface area contributed by atoms with Crippen LogP contribution in [0.5, 0.6) is 5.75 Å². The topological polar surface area (TPSA) is 63.6 Å². The molecular formula is C11H10F2O4. The molecule has 1 aromatic rings. The van der Waals surface area contributed by atoms with E-state index in [2.05, 4.69) is 4.74 Å². The number of aldehydes is 1. The number of rotatable bonds is 6. The van der Waals surface area contributed by atoms with Gasteiger partial charge in [-0.05, 0) is 24.1 Å². The highest BCUT2D eigenvalue weighted by atomic mass is 19.3. The number of alkyl halides is 2. The molecule has 6 heteroatoms. The van der Waals surface area contributed by atoms with Crippen LogP contribution in [-0.2, 0) is 11.2 Å². The molecule has 0 aliphatic rings. The van der Waals surface area contributed by atoms with Crippen molar-refractivity contribution in [1.29, 1.82) is 0 Å². The van der Waals surface area contributed by atoms with E-state index in [-0.39, 0.29) is 24.2 Å². The van der Waals surface area contributed by atoms with Gasteiger partial charge < -0.3 is 9.84 Å². The van der Waals surface area contributed by atoms with E-state index in [4.69, 9.17) is 5.11 Å². The van der Waals surface area contributed by atoms with Gasteiger partial charge in [0, 0.05) is 6.42 Å². The molecule has 1 rings (SSSR count). The van der Waals surface area contributed by atoms with Crippen molar-refractivity contribution >= 4 is 12.3 Å². The molecule has 0 heterocycles. The quantitative estimate of drug-likeness (QED) is 0.778. The van der Waals surface area contributed by atoms with Gasteiger partial charge in [0.15, 0.2) is 6.29 Å². The second-order valence-electron chi connectivity index (χ2n) is 3.26. The zero-order valence-electron chi connectivity index (χ0n) is 8.73. The number of carbonyl (C=O) groups is 2. The molecule has 0 atom stereocenters. The first kappa shape index (κ1) is 13.1. The third-order valence-electron chi connectivity index (χ3n) is 2.04. The molecule has 0 saturated carbocycles. The number of carbonyl (C=O) groups excluding carboxylic acids is 1. The maximum Gasteiger partial charge on any atom is 0.387 e. The Kier molecular flexibility index (Phi) is 4.56.